The molecular weight excluding hydrogens is 330 g/mol. The predicted molar refractivity (Wildman–Crippen MR) is 99.1 cm³/mol. The van der Waals surface area contributed by atoms with Crippen LogP contribution in [0.2, 0.25) is 0 Å². The van der Waals surface area contributed by atoms with Gasteiger partial charge >= 0.3 is 0 Å². The van der Waals surface area contributed by atoms with E-state index in [-0.39, 0.29) is 18.3 Å². The SMILES string of the molecule is CCC(=O)c1ccc(OCC(=O)NCc2nc3ccccc3n2C)cc1. The number of hydrogen-bond acceptors (Lipinski definition) is 4. The molecular formula is C20H21N3O3. The lowest BCUT2D eigenvalue weighted by Crippen LogP contribution is -2.29. The first-order valence-electron chi connectivity index (χ1n) is 8.51. The molecule has 1 heterocycles. The monoisotopic (exact) mass is 351 g/mol. The number of carbonyl (C=O) groups is 2. The molecule has 3 rings (SSSR count). The molecule has 0 saturated heterocycles. The molecule has 1 aromatic heterocycles. The van der Waals surface area contributed by atoms with Crippen LogP contribution in [0.1, 0.15) is 29.5 Å². The molecule has 0 atom stereocenters. The third-order valence-corrected chi connectivity index (χ3v) is 4.19. The number of amides is 1. The Labute approximate surface area is 151 Å². The summed E-state index contributed by atoms with van der Waals surface area (Å²) < 4.78 is 7.42. The van der Waals surface area contributed by atoms with Gasteiger partial charge in [0.2, 0.25) is 0 Å². The van der Waals surface area contributed by atoms with Crippen molar-refractivity contribution >= 4 is 22.7 Å². The molecule has 0 aliphatic carbocycles. The van der Waals surface area contributed by atoms with Gasteiger partial charge in [0.15, 0.2) is 12.4 Å². The van der Waals surface area contributed by atoms with Crippen LogP contribution >= 0.6 is 0 Å². The maximum atomic E-state index is 12.0. The van der Waals surface area contributed by atoms with Crippen LogP contribution in [0.15, 0.2) is 48.5 Å². The highest BCUT2D eigenvalue weighted by molar-refractivity contribution is 5.95. The first kappa shape index (κ1) is 17.7. The van der Waals surface area contributed by atoms with Gasteiger partial charge in [0.1, 0.15) is 11.6 Å². The average molecular weight is 351 g/mol. The molecule has 6 heteroatoms. The van der Waals surface area contributed by atoms with Crippen molar-refractivity contribution in [2.75, 3.05) is 6.61 Å². The van der Waals surface area contributed by atoms with E-state index in [0.29, 0.717) is 24.3 Å². The molecule has 0 unspecified atom stereocenters. The Morgan fingerprint density at radius 1 is 1.12 bits per heavy atom. The molecule has 0 radical (unpaired) electrons. The predicted octanol–water partition coefficient (Wildman–Crippen LogP) is 2.86. The highest BCUT2D eigenvalue weighted by Gasteiger charge is 2.09. The molecule has 134 valence electrons. The van der Waals surface area contributed by atoms with E-state index in [9.17, 15) is 9.59 Å². The van der Waals surface area contributed by atoms with E-state index in [1.54, 1.807) is 24.3 Å². The topological polar surface area (TPSA) is 73.2 Å². The summed E-state index contributed by atoms with van der Waals surface area (Å²) in [6.45, 7) is 2.06. The first-order valence-corrected chi connectivity index (χ1v) is 8.51. The smallest absolute Gasteiger partial charge is 0.258 e. The van der Waals surface area contributed by atoms with Gasteiger partial charge in [0, 0.05) is 19.0 Å². The van der Waals surface area contributed by atoms with Gasteiger partial charge in [-0.25, -0.2) is 4.98 Å². The Morgan fingerprint density at radius 2 is 1.85 bits per heavy atom. The lowest BCUT2D eigenvalue weighted by molar-refractivity contribution is -0.123. The minimum absolute atomic E-state index is 0.0803. The van der Waals surface area contributed by atoms with Crippen molar-refractivity contribution in [2.24, 2.45) is 7.05 Å². The number of aryl methyl sites for hydroxylation is 1. The van der Waals surface area contributed by atoms with Crippen molar-refractivity contribution in [2.45, 2.75) is 19.9 Å². The maximum absolute atomic E-state index is 12.0. The van der Waals surface area contributed by atoms with Gasteiger partial charge in [-0.1, -0.05) is 19.1 Å². The molecule has 1 amide bonds. The van der Waals surface area contributed by atoms with E-state index in [1.807, 2.05) is 42.8 Å². The van der Waals surface area contributed by atoms with Crippen molar-refractivity contribution in [1.82, 2.24) is 14.9 Å². The second kappa shape index (κ2) is 7.82. The number of carbonyl (C=O) groups excluding carboxylic acids is 2. The normalized spacial score (nSPS) is 10.7. The highest BCUT2D eigenvalue weighted by Crippen LogP contribution is 2.15. The highest BCUT2D eigenvalue weighted by atomic mass is 16.5. The summed E-state index contributed by atoms with van der Waals surface area (Å²) in [5, 5.41) is 2.81. The third kappa shape index (κ3) is 3.91. The molecule has 0 bridgehead atoms. The average Bonchev–Trinajstić information content (AvgIpc) is 3.00. The number of hydrogen-bond donors (Lipinski definition) is 1. The number of benzene rings is 2. The fraction of sp³-hybridized carbons (Fsp3) is 0.250. The van der Waals surface area contributed by atoms with E-state index in [1.165, 1.54) is 0 Å². The van der Waals surface area contributed by atoms with Crippen molar-refractivity contribution in [3.05, 3.63) is 59.9 Å². The van der Waals surface area contributed by atoms with Crippen LogP contribution in [0.5, 0.6) is 5.75 Å². The lowest BCUT2D eigenvalue weighted by atomic mass is 10.1. The Balaban J connectivity index is 1.52. The zero-order valence-corrected chi connectivity index (χ0v) is 14.9. The van der Waals surface area contributed by atoms with E-state index in [2.05, 4.69) is 10.3 Å². The summed E-state index contributed by atoms with van der Waals surface area (Å²) in [5.74, 6) is 1.18. The minimum Gasteiger partial charge on any atom is -0.484 e. The van der Waals surface area contributed by atoms with Crippen LogP contribution in [0, 0.1) is 0 Å². The number of imidazole rings is 1. The molecule has 26 heavy (non-hydrogen) atoms. The van der Waals surface area contributed by atoms with Gasteiger partial charge in [0.05, 0.1) is 17.6 Å². The minimum atomic E-state index is -0.231. The van der Waals surface area contributed by atoms with Crippen molar-refractivity contribution in [1.29, 1.82) is 0 Å². The number of ether oxygens (including phenoxy) is 1. The number of fused-ring (bicyclic) bond motifs is 1. The zero-order valence-electron chi connectivity index (χ0n) is 14.9. The molecule has 2 aromatic carbocycles. The Hall–Kier alpha value is -3.15. The number of para-hydroxylation sites is 2. The number of rotatable bonds is 7. The number of aromatic nitrogens is 2. The second-order valence-corrected chi connectivity index (χ2v) is 5.94. The van der Waals surface area contributed by atoms with Gasteiger partial charge in [-0.3, -0.25) is 9.59 Å². The van der Waals surface area contributed by atoms with Crippen LogP contribution < -0.4 is 10.1 Å². The van der Waals surface area contributed by atoms with E-state index >= 15 is 0 Å². The van der Waals surface area contributed by atoms with E-state index in [0.717, 1.165) is 16.9 Å². The fourth-order valence-electron chi connectivity index (χ4n) is 2.67. The summed E-state index contributed by atoms with van der Waals surface area (Å²) in [6.07, 6.45) is 0.463. The Morgan fingerprint density at radius 3 is 2.54 bits per heavy atom. The summed E-state index contributed by atoms with van der Waals surface area (Å²) in [5.41, 5.74) is 2.57. The third-order valence-electron chi connectivity index (χ3n) is 4.19. The van der Waals surface area contributed by atoms with Gasteiger partial charge in [0.25, 0.3) is 5.91 Å². The summed E-state index contributed by atoms with van der Waals surface area (Å²) in [6, 6.07) is 14.6. The van der Waals surface area contributed by atoms with Crippen LogP contribution in [-0.4, -0.2) is 27.8 Å². The summed E-state index contributed by atoms with van der Waals surface area (Å²) in [4.78, 5) is 28.1. The molecule has 0 aliphatic rings. The van der Waals surface area contributed by atoms with Gasteiger partial charge in [-0.2, -0.15) is 0 Å². The van der Waals surface area contributed by atoms with Crippen LogP contribution in [0.3, 0.4) is 0 Å². The second-order valence-electron chi connectivity index (χ2n) is 5.94. The van der Waals surface area contributed by atoms with Gasteiger partial charge in [-0.15, -0.1) is 0 Å². The standard InChI is InChI=1S/C20H21N3O3/c1-3-18(24)14-8-10-15(11-9-14)26-13-20(25)21-12-19-22-16-6-4-5-7-17(16)23(19)2/h4-11H,3,12-13H2,1-2H3,(H,21,25). The largest absolute Gasteiger partial charge is 0.484 e. The molecule has 6 nitrogen and oxygen atoms in total. The first-order chi connectivity index (χ1) is 12.6. The van der Waals surface area contributed by atoms with Gasteiger partial charge in [-0.05, 0) is 36.4 Å². The van der Waals surface area contributed by atoms with Crippen LogP contribution in [-0.2, 0) is 18.4 Å². The summed E-state index contributed by atoms with van der Waals surface area (Å²) in [7, 11) is 1.92. The fourth-order valence-corrected chi connectivity index (χ4v) is 2.67. The number of Topliss-reactive ketones (excluding diaryl/α,β-unsaturated/α-hetero) is 1. The maximum Gasteiger partial charge on any atom is 0.258 e. The molecule has 0 aliphatic heterocycles. The van der Waals surface area contributed by atoms with Crippen molar-refractivity contribution < 1.29 is 14.3 Å². The van der Waals surface area contributed by atoms with Gasteiger partial charge < -0.3 is 14.6 Å². The number of nitrogens with zero attached hydrogens (tertiary/aromatic N) is 2. The van der Waals surface area contributed by atoms with Crippen molar-refractivity contribution in [3.63, 3.8) is 0 Å². The van der Waals surface area contributed by atoms with Crippen LogP contribution in [0.4, 0.5) is 0 Å². The lowest BCUT2D eigenvalue weighted by Gasteiger charge is -2.08. The zero-order chi connectivity index (χ0) is 18.5. The Kier molecular flexibility index (Phi) is 5.31. The molecule has 1 N–H and O–H groups in total. The molecule has 3 aromatic rings. The summed E-state index contributed by atoms with van der Waals surface area (Å²) >= 11 is 0. The van der Waals surface area contributed by atoms with E-state index < -0.39 is 0 Å². The molecule has 0 fully saturated rings. The molecule has 0 spiro atoms. The molecule has 0 saturated carbocycles. The quantitative estimate of drug-likeness (QED) is 0.664. The number of nitrogens with one attached hydrogen (secondary N) is 1. The van der Waals surface area contributed by atoms with E-state index in [4.69, 9.17) is 4.74 Å². The Bertz CT molecular complexity index is 929. The van der Waals surface area contributed by atoms with Crippen molar-refractivity contribution in [3.8, 4) is 5.75 Å². The van der Waals surface area contributed by atoms with Crippen LogP contribution in [0.25, 0.3) is 11.0 Å². The number of ketones is 1.